The van der Waals surface area contributed by atoms with Crippen LogP contribution in [0.2, 0.25) is 4.47 Å². The lowest BCUT2D eigenvalue weighted by Gasteiger charge is -2.32. The molecule has 1 aliphatic heterocycles. The number of anilines is 1. The van der Waals surface area contributed by atoms with Crippen LogP contribution in [0.5, 0.6) is 0 Å². The van der Waals surface area contributed by atoms with Crippen LogP contribution in [0.3, 0.4) is 0 Å². The van der Waals surface area contributed by atoms with Gasteiger partial charge in [-0.3, -0.25) is 4.79 Å². The Hall–Kier alpha value is -1.41. The lowest BCUT2D eigenvalue weighted by molar-refractivity contribution is 0.00578. The minimum atomic E-state index is -0.488. The van der Waals surface area contributed by atoms with Crippen LogP contribution in [-0.2, 0) is 15.9 Å². The van der Waals surface area contributed by atoms with Crippen LogP contribution in [0.1, 0.15) is 42.9 Å². The molecule has 0 aliphatic carbocycles. The summed E-state index contributed by atoms with van der Waals surface area (Å²) >= 11 is 7.24. The van der Waals surface area contributed by atoms with E-state index in [4.69, 9.17) is 20.9 Å². The lowest BCUT2D eigenvalue weighted by Crippen LogP contribution is -2.41. The van der Waals surface area contributed by atoms with Gasteiger partial charge in [-0.2, -0.15) is 0 Å². The Morgan fingerprint density at radius 3 is 2.52 bits per heavy atom. The van der Waals surface area contributed by atoms with Crippen molar-refractivity contribution in [1.29, 1.82) is 0 Å². The molecular weight excluding hydrogens is 359 g/mol. The van der Waals surface area contributed by atoms with E-state index in [0.29, 0.717) is 16.6 Å². The summed E-state index contributed by atoms with van der Waals surface area (Å²) in [6, 6.07) is 5.58. The standard InChI is InChI=1S/C17H20BClN2O3S/c1-16(2)17(3,4)24-18(23-16)12-5-6-14(11(7-12)10-22)20-8-13-9-21-15(19)25-13/h5-7,9-10,20H,8H2,1-4H3. The van der Waals surface area contributed by atoms with Gasteiger partial charge in [0.2, 0.25) is 0 Å². The summed E-state index contributed by atoms with van der Waals surface area (Å²) in [6.07, 6.45) is 2.55. The van der Waals surface area contributed by atoms with Gasteiger partial charge in [-0.25, -0.2) is 4.98 Å². The monoisotopic (exact) mass is 378 g/mol. The molecule has 0 atom stereocenters. The number of nitrogens with zero attached hydrogens (tertiary/aromatic N) is 1. The van der Waals surface area contributed by atoms with Crippen molar-refractivity contribution >= 4 is 47.5 Å². The molecule has 25 heavy (non-hydrogen) atoms. The highest BCUT2D eigenvalue weighted by Crippen LogP contribution is 2.36. The maximum Gasteiger partial charge on any atom is 0.494 e. The van der Waals surface area contributed by atoms with E-state index in [-0.39, 0.29) is 0 Å². The summed E-state index contributed by atoms with van der Waals surface area (Å²) in [5, 5.41) is 3.24. The van der Waals surface area contributed by atoms with Gasteiger partial charge in [-0.1, -0.05) is 17.7 Å². The van der Waals surface area contributed by atoms with Gasteiger partial charge in [0.15, 0.2) is 10.8 Å². The smallest absolute Gasteiger partial charge is 0.399 e. The number of carbonyl (C=O) groups excluding carboxylic acids is 1. The van der Waals surface area contributed by atoms with Crippen molar-refractivity contribution in [3.05, 3.63) is 39.3 Å². The number of benzene rings is 1. The van der Waals surface area contributed by atoms with Gasteiger partial charge < -0.3 is 14.6 Å². The molecule has 1 aliphatic rings. The second-order valence-electron chi connectivity index (χ2n) is 6.99. The first-order chi connectivity index (χ1) is 11.7. The summed E-state index contributed by atoms with van der Waals surface area (Å²) in [7, 11) is -0.488. The molecule has 0 bridgehead atoms. The average molecular weight is 379 g/mol. The highest BCUT2D eigenvalue weighted by atomic mass is 35.5. The Morgan fingerprint density at radius 1 is 1.28 bits per heavy atom. The lowest BCUT2D eigenvalue weighted by atomic mass is 9.78. The molecular formula is C17H20BClN2O3S. The van der Waals surface area contributed by atoms with Gasteiger partial charge in [-0.15, -0.1) is 11.3 Å². The zero-order valence-corrected chi connectivity index (χ0v) is 16.2. The number of aromatic nitrogens is 1. The summed E-state index contributed by atoms with van der Waals surface area (Å²) in [6.45, 7) is 8.57. The van der Waals surface area contributed by atoms with Crippen molar-refractivity contribution in [1.82, 2.24) is 4.98 Å². The molecule has 0 amide bonds. The minimum absolute atomic E-state index is 0.415. The fourth-order valence-electron chi connectivity index (χ4n) is 2.51. The van der Waals surface area contributed by atoms with Crippen LogP contribution in [-0.4, -0.2) is 29.6 Å². The first-order valence-electron chi connectivity index (χ1n) is 8.01. The predicted octanol–water partition coefficient (Wildman–Crippen LogP) is 3.52. The van der Waals surface area contributed by atoms with Crippen LogP contribution >= 0.6 is 22.9 Å². The Labute approximate surface area is 156 Å². The number of hydrogen-bond acceptors (Lipinski definition) is 6. The van der Waals surface area contributed by atoms with Crippen LogP contribution in [0.15, 0.2) is 24.4 Å². The van der Waals surface area contributed by atoms with Gasteiger partial charge in [0, 0.05) is 22.3 Å². The molecule has 0 radical (unpaired) electrons. The molecule has 5 nitrogen and oxygen atoms in total. The van der Waals surface area contributed by atoms with Gasteiger partial charge in [0.1, 0.15) is 0 Å². The molecule has 132 valence electrons. The number of aldehydes is 1. The molecule has 0 spiro atoms. The largest absolute Gasteiger partial charge is 0.494 e. The Kier molecular flexibility index (Phi) is 4.94. The summed E-state index contributed by atoms with van der Waals surface area (Å²) in [5.74, 6) is 0. The van der Waals surface area contributed by atoms with Gasteiger partial charge in [0.25, 0.3) is 0 Å². The molecule has 8 heteroatoms. The van der Waals surface area contributed by atoms with Crippen LogP contribution in [0.4, 0.5) is 5.69 Å². The zero-order chi connectivity index (χ0) is 18.2. The van der Waals surface area contributed by atoms with Crippen molar-refractivity contribution in [2.24, 2.45) is 0 Å². The summed E-state index contributed by atoms with van der Waals surface area (Å²) in [4.78, 5) is 16.5. The fraction of sp³-hybridized carbons (Fsp3) is 0.412. The Bertz CT molecular complexity index is 778. The third-order valence-electron chi connectivity index (χ3n) is 4.71. The number of halogens is 1. The Balaban J connectivity index is 1.77. The quantitative estimate of drug-likeness (QED) is 0.637. The molecule has 3 rings (SSSR count). The zero-order valence-electron chi connectivity index (χ0n) is 14.6. The normalized spacial score (nSPS) is 18.4. The first kappa shape index (κ1) is 18.4. The molecule has 0 saturated carbocycles. The van der Waals surface area contributed by atoms with E-state index < -0.39 is 18.3 Å². The van der Waals surface area contributed by atoms with E-state index in [1.54, 1.807) is 12.3 Å². The number of nitrogens with one attached hydrogen (secondary N) is 1. The second kappa shape index (κ2) is 6.72. The van der Waals surface area contributed by atoms with E-state index in [0.717, 1.165) is 22.3 Å². The molecule has 1 aromatic carbocycles. The highest BCUT2D eigenvalue weighted by Gasteiger charge is 2.51. The van der Waals surface area contributed by atoms with Gasteiger partial charge >= 0.3 is 7.12 Å². The fourth-order valence-corrected chi connectivity index (χ4v) is 3.43. The van der Waals surface area contributed by atoms with E-state index in [1.165, 1.54) is 11.3 Å². The van der Waals surface area contributed by atoms with Gasteiger partial charge in [-0.05, 0) is 45.3 Å². The van der Waals surface area contributed by atoms with Crippen molar-refractivity contribution in [2.75, 3.05) is 5.32 Å². The van der Waals surface area contributed by atoms with Gasteiger partial charge in [0.05, 0.1) is 17.7 Å². The molecule has 2 aromatic rings. The molecule has 2 heterocycles. The first-order valence-corrected chi connectivity index (χ1v) is 9.20. The molecule has 0 unspecified atom stereocenters. The topological polar surface area (TPSA) is 60.5 Å². The molecule has 1 aromatic heterocycles. The van der Waals surface area contributed by atoms with E-state index >= 15 is 0 Å². The van der Waals surface area contributed by atoms with E-state index in [2.05, 4.69) is 10.3 Å². The summed E-state index contributed by atoms with van der Waals surface area (Å²) < 4.78 is 12.6. The highest BCUT2D eigenvalue weighted by molar-refractivity contribution is 7.15. The number of carbonyl (C=O) groups is 1. The maximum atomic E-state index is 11.5. The van der Waals surface area contributed by atoms with Crippen molar-refractivity contribution in [3.63, 3.8) is 0 Å². The second-order valence-corrected chi connectivity index (χ2v) is 8.68. The third kappa shape index (κ3) is 3.74. The maximum absolute atomic E-state index is 11.5. The Morgan fingerprint density at radius 2 is 1.96 bits per heavy atom. The number of thiazole rings is 1. The van der Waals surface area contributed by atoms with E-state index in [1.807, 2.05) is 39.8 Å². The number of hydrogen-bond donors (Lipinski definition) is 1. The molecule has 1 saturated heterocycles. The van der Waals surface area contributed by atoms with Crippen molar-refractivity contribution < 1.29 is 14.1 Å². The van der Waals surface area contributed by atoms with Crippen LogP contribution in [0, 0.1) is 0 Å². The molecule has 1 N–H and O–H groups in total. The van der Waals surface area contributed by atoms with Crippen LogP contribution in [0.25, 0.3) is 0 Å². The molecule has 1 fully saturated rings. The summed E-state index contributed by atoms with van der Waals surface area (Å²) in [5.41, 5.74) is 1.30. The average Bonchev–Trinajstić information content (AvgIpc) is 3.05. The third-order valence-corrected chi connectivity index (χ3v) is 5.82. The van der Waals surface area contributed by atoms with Crippen molar-refractivity contribution in [2.45, 2.75) is 45.4 Å². The minimum Gasteiger partial charge on any atom is -0.399 e. The van der Waals surface area contributed by atoms with Crippen molar-refractivity contribution in [3.8, 4) is 0 Å². The van der Waals surface area contributed by atoms with Crippen LogP contribution < -0.4 is 10.8 Å². The SMILES string of the molecule is CC1(C)OB(c2ccc(NCc3cnc(Cl)s3)c(C=O)c2)OC1(C)C. The predicted molar refractivity (Wildman–Crippen MR) is 102 cm³/mol. The van der Waals surface area contributed by atoms with E-state index in [9.17, 15) is 4.79 Å². The number of rotatable bonds is 5.